The monoisotopic (exact) mass is 311 g/mol. The van der Waals surface area contributed by atoms with E-state index < -0.39 is 11.9 Å². The summed E-state index contributed by atoms with van der Waals surface area (Å²) in [7, 11) is 0. The second-order valence-electron chi connectivity index (χ2n) is 3.51. The normalized spacial score (nSPS) is 12.4. The first-order chi connectivity index (χ1) is 8.75. The number of nitrogens with two attached hydrogens (primary N) is 1. The van der Waals surface area contributed by atoms with Gasteiger partial charge in [0.1, 0.15) is 5.71 Å². The van der Waals surface area contributed by atoms with Crippen LogP contribution in [0.4, 0.5) is 18.9 Å². The summed E-state index contributed by atoms with van der Waals surface area (Å²) in [6.45, 7) is -0.207. The molecule has 0 radical (unpaired) electrons. The Morgan fingerprint density at radius 3 is 2.53 bits per heavy atom. The van der Waals surface area contributed by atoms with Gasteiger partial charge >= 0.3 is 6.18 Å². The van der Waals surface area contributed by atoms with Crippen molar-refractivity contribution in [2.24, 2.45) is 5.73 Å². The van der Waals surface area contributed by atoms with Crippen molar-refractivity contribution >= 4 is 34.6 Å². The molecule has 0 aliphatic carbocycles. The molecule has 0 atom stereocenters. The molecule has 1 aromatic carbocycles. The molecule has 0 saturated heterocycles. The maximum atomic E-state index is 12.2. The van der Waals surface area contributed by atoms with Gasteiger partial charge in [-0.2, -0.15) is 13.2 Å². The lowest BCUT2D eigenvalue weighted by molar-refractivity contribution is -0.0584. The molecule has 0 amide bonds. The Balaban J connectivity index is 2.98. The lowest BCUT2D eigenvalue weighted by Gasteiger charge is -2.12. The van der Waals surface area contributed by atoms with Crippen LogP contribution in [0.3, 0.4) is 0 Å². The van der Waals surface area contributed by atoms with Gasteiger partial charge in [0.05, 0.1) is 15.7 Å². The molecule has 8 heteroatoms. The van der Waals surface area contributed by atoms with Gasteiger partial charge in [0.25, 0.3) is 0 Å². The molecule has 4 N–H and O–H groups in total. The number of alkyl halides is 3. The number of allylic oxidation sites excluding steroid dienone is 1. The molecule has 1 aromatic rings. The molecule has 0 spiro atoms. The fraction of sp³-hybridized carbons (Fsp3) is 0.182. The van der Waals surface area contributed by atoms with E-state index >= 15 is 0 Å². The summed E-state index contributed by atoms with van der Waals surface area (Å²) >= 11 is 11.7. The number of hydrogen-bond acceptors (Lipinski definition) is 3. The highest BCUT2D eigenvalue weighted by Crippen LogP contribution is 2.30. The van der Waals surface area contributed by atoms with Gasteiger partial charge in [-0.1, -0.05) is 29.3 Å². The number of rotatable bonds is 4. The zero-order chi connectivity index (χ0) is 14.6. The van der Waals surface area contributed by atoms with Crippen LogP contribution >= 0.6 is 23.2 Å². The highest BCUT2D eigenvalue weighted by atomic mass is 35.5. The predicted molar refractivity (Wildman–Crippen MR) is 71.0 cm³/mol. The van der Waals surface area contributed by atoms with Crippen molar-refractivity contribution in [1.82, 2.24) is 0 Å². The van der Waals surface area contributed by atoms with Crippen molar-refractivity contribution in [2.75, 3.05) is 11.9 Å². The van der Waals surface area contributed by atoms with E-state index in [0.29, 0.717) is 11.8 Å². The second kappa shape index (κ2) is 6.27. The van der Waals surface area contributed by atoms with Gasteiger partial charge in [0.15, 0.2) is 0 Å². The lowest BCUT2D eigenvalue weighted by Crippen LogP contribution is -2.22. The highest BCUT2D eigenvalue weighted by molar-refractivity contribution is 6.43. The number of anilines is 1. The third-order valence-electron chi connectivity index (χ3n) is 2.09. The van der Waals surface area contributed by atoms with Gasteiger partial charge in [-0.05, 0) is 18.2 Å². The van der Waals surface area contributed by atoms with E-state index in [9.17, 15) is 13.2 Å². The Hall–Kier alpha value is -1.24. The maximum absolute atomic E-state index is 12.2. The first kappa shape index (κ1) is 15.8. The maximum Gasteiger partial charge on any atom is 0.432 e. The molecule has 0 aromatic heterocycles. The van der Waals surface area contributed by atoms with E-state index in [2.05, 4.69) is 5.32 Å². The summed E-state index contributed by atoms with van der Waals surface area (Å²) in [6.07, 6.45) is -4.11. The molecule has 0 aliphatic rings. The van der Waals surface area contributed by atoms with Gasteiger partial charge in [-0.15, -0.1) is 0 Å². The molecule has 0 aliphatic heterocycles. The molecule has 0 bridgehead atoms. The molecule has 1 rings (SSSR count). The minimum atomic E-state index is -4.72. The summed E-state index contributed by atoms with van der Waals surface area (Å²) < 4.78 is 36.7. The van der Waals surface area contributed by atoms with Crippen LogP contribution < -0.4 is 11.1 Å². The Labute approximate surface area is 117 Å². The van der Waals surface area contributed by atoms with Gasteiger partial charge in [-0.3, -0.25) is 5.41 Å². The average Bonchev–Trinajstić information content (AvgIpc) is 2.32. The van der Waals surface area contributed by atoms with E-state index in [1.54, 1.807) is 12.1 Å². The van der Waals surface area contributed by atoms with Crippen molar-refractivity contribution in [1.29, 1.82) is 5.41 Å². The van der Waals surface area contributed by atoms with Crippen LogP contribution in [0, 0.1) is 5.41 Å². The van der Waals surface area contributed by atoms with Crippen molar-refractivity contribution < 1.29 is 13.2 Å². The SMILES string of the molecule is N=C(/C=C(/CN)Nc1cccc(Cl)c1Cl)C(F)(F)F. The minimum Gasteiger partial charge on any atom is -0.357 e. The predicted octanol–water partition coefficient (Wildman–Crippen LogP) is 3.83. The van der Waals surface area contributed by atoms with Crippen LogP contribution in [0.15, 0.2) is 30.0 Å². The zero-order valence-corrected chi connectivity index (χ0v) is 11.0. The summed E-state index contributed by atoms with van der Waals surface area (Å²) in [5.41, 5.74) is 4.15. The van der Waals surface area contributed by atoms with Crippen molar-refractivity contribution in [2.45, 2.75) is 6.18 Å². The topological polar surface area (TPSA) is 61.9 Å². The van der Waals surface area contributed by atoms with Crippen molar-refractivity contribution in [3.8, 4) is 0 Å². The van der Waals surface area contributed by atoms with Crippen LogP contribution in [0.1, 0.15) is 0 Å². The number of nitrogens with one attached hydrogen (secondary N) is 2. The number of halogens is 5. The first-order valence-electron chi connectivity index (χ1n) is 5.03. The van der Waals surface area contributed by atoms with Gasteiger partial charge < -0.3 is 11.1 Å². The Kier molecular flexibility index (Phi) is 5.22. The summed E-state index contributed by atoms with van der Waals surface area (Å²) in [5, 5.41) is 9.93. The molecule has 104 valence electrons. The number of hydrogen-bond donors (Lipinski definition) is 3. The molecule has 0 heterocycles. The fourth-order valence-corrected chi connectivity index (χ4v) is 1.52. The quantitative estimate of drug-likeness (QED) is 0.740. The van der Waals surface area contributed by atoms with E-state index in [4.69, 9.17) is 34.3 Å². The Morgan fingerprint density at radius 1 is 1.37 bits per heavy atom. The van der Waals surface area contributed by atoms with Crippen LogP contribution in [0.5, 0.6) is 0 Å². The van der Waals surface area contributed by atoms with E-state index in [1.807, 2.05) is 0 Å². The largest absolute Gasteiger partial charge is 0.432 e. The first-order valence-corrected chi connectivity index (χ1v) is 5.78. The van der Waals surface area contributed by atoms with Gasteiger partial charge in [0.2, 0.25) is 0 Å². The molecular weight excluding hydrogens is 302 g/mol. The van der Waals surface area contributed by atoms with E-state index in [0.717, 1.165) is 0 Å². The van der Waals surface area contributed by atoms with Crippen molar-refractivity contribution in [3.63, 3.8) is 0 Å². The van der Waals surface area contributed by atoms with Gasteiger partial charge in [0, 0.05) is 12.2 Å². The summed E-state index contributed by atoms with van der Waals surface area (Å²) in [4.78, 5) is 0. The molecular formula is C11H10Cl2F3N3. The summed E-state index contributed by atoms with van der Waals surface area (Å²) in [5.74, 6) is 0. The second-order valence-corrected chi connectivity index (χ2v) is 4.30. The van der Waals surface area contributed by atoms with Crippen LogP contribution in [0.2, 0.25) is 10.0 Å². The molecule has 3 nitrogen and oxygen atoms in total. The summed E-state index contributed by atoms with van der Waals surface area (Å²) in [6, 6.07) is 4.66. The standard InChI is InChI=1S/C11H10Cl2F3N3/c12-7-2-1-3-8(10(7)13)19-6(5-17)4-9(18)11(14,15)16/h1-4,18-19H,5,17H2/b6-4-,18-9?. The third kappa shape index (κ3) is 4.41. The van der Waals surface area contributed by atoms with Crippen LogP contribution in [-0.2, 0) is 0 Å². The van der Waals surface area contributed by atoms with Crippen molar-refractivity contribution in [3.05, 3.63) is 40.0 Å². The molecule has 0 saturated carbocycles. The Bertz CT molecular complexity index is 512. The van der Waals surface area contributed by atoms with E-state index in [-0.39, 0.29) is 22.3 Å². The van der Waals surface area contributed by atoms with Crippen LogP contribution in [0.25, 0.3) is 0 Å². The highest BCUT2D eigenvalue weighted by Gasteiger charge is 2.32. The number of benzene rings is 1. The smallest absolute Gasteiger partial charge is 0.357 e. The molecule has 0 fully saturated rings. The zero-order valence-electron chi connectivity index (χ0n) is 9.48. The fourth-order valence-electron chi connectivity index (χ4n) is 1.18. The Morgan fingerprint density at radius 2 is 2.00 bits per heavy atom. The molecule has 19 heavy (non-hydrogen) atoms. The van der Waals surface area contributed by atoms with Crippen LogP contribution in [-0.4, -0.2) is 18.4 Å². The minimum absolute atomic E-state index is 0.00601. The molecule has 0 unspecified atom stereocenters. The van der Waals surface area contributed by atoms with Gasteiger partial charge in [-0.25, -0.2) is 0 Å². The average molecular weight is 312 g/mol. The van der Waals surface area contributed by atoms with E-state index in [1.165, 1.54) is 6.07 Å². The third-order valence-corrected chi connectivity index (χ3v) is 2.91. The lowest BCUT2D eigenvalue weighted by atomic mass is 10.2.